The molecule has 38 heavy (non-hydrogen) atoms. The Balaban J connectivity index is 1.51. The van der Waals surface area contributed by atoms with E-state index < -0.39 is 33.3 Å². The number of benzene rings is 1. The van der Waals surface area contributed by atoms with Crippen molar-refractivity contribution in [3.8, 4) is 17.2 Å². The van der Waals surface area contributed by atoms with Gasteiger partial charge in [-0.2, -0.15) is 0 Å². The number of nitrogens with zero attached hydrogens (tertiary/aromatic N) is 6. The first-order valence-electron chi connectivity index (χ1n) is 12.0. The second-order valence-electron chi connectivity index (χ2n) is 8.99. The lowest BCUT2D eigenvalue weighted by Crippen LogP contribution is -2.50. The molecular formula is C23H28FN7O6S. The molecule has 3 atom stereocenters. The molecule has 0 spiro atoms. The molecular weight excluding hydrogens is 521 g/mol. The van der Waals surface area contributed by atoms with Gasteiger partial charge in [-0.1, -0.05) is 6.07 Å². The van der Waals surface area contributed by atoms with Gasteiger partial charge in [0.2, 0.25) is 21.9 Å². The maximum atomic E-state index is 13.6. The number of hydrogen-bond donors (Lipinski definition) is 2. The number of β-amino-alcohol motifs (C(OH)–C–C–N with tert-alkyl or cyclic N) is 1. The Kier molecular flexibility index (Phi) is 7.32. The van der Waals surface area contributed by atoms with Crippen molar-refractivity contribution in [2.24, 2.45) is 0 Å². The second-order valence-corrected chi connectivity index (χ2v) is 11.0. The summed E-state index contributed by atoms with van der Waals surface area (Å²) in [6.45, 7) is 0.626. The number of methoxy groups -OCH3 is 2. The summed E-state index contributed by atoms with van der Waals surface area (Å²) in [5.74, 6) is 0.641. The summed E-state index contributed by atoms with van der Waals surface area (Å²) in [5.41, 5.74) is 0.413. The number of ether oxygens (including phenoxy) is 3. The summed E-state index contributed by atoms with van der Waals surface area (Å²) in [5, 5.41) is 17.8. The average molecular weight is 550 g/mol. The lowest BCUT2D eigenvalue weighted by molar-refractivity contribution is 0.103. The van der Waals surface area contributed by atoms with Crippen LogP contribution in [0.2, 0.25) is 0 Å². The van der Waals surface area contributed by atoms with E-state index in [9.17, 15) is 17.9 Å². The molecule has 204 valence electrons. The quantitative estimate of drug-likeness (QED) is 0.420. The van der Waals surface area contributed by atoms with E-state index >= 15 is 0 Å². The molecule has 0 bridgehead atoms. The predicted octanol–water partition coefficient (Wildman–Crippen LogP) is 1.45. The molecule has 2 aliphatic rings. The largest absolute Gasteiger partial charge is 0.494 e. The average Bonchev–Trinajstić information content (AvgIpc) is 3.58. The zero-order valence-corrected chi connectivity index (χ0v) is 21.6. The summed E-state index contributed by atoms with van der Waals surface area (Å²) in [7, 11) is -1.14. The van der Waals surface area contributed by atoms with E-state index in [4.69, 9.17) is 14.2 Å². The van der Waals surface area contributed by atoms with Gasteiger partial charge in [0.05, 0.1) is 32.7 Å². The van der Waals surface area contributed by atoms with E-state index in [1.807, 2.05) is 0 Å². The molecule has 2 N–H and O–H groups in total. The number of aliphatic hydroxyl groups excluding tert-OH is 1. The molecule has 0 radical (unpaired) electrons. The fourth-order valence-corrected chi connectivity index (χ4v) is 6.12. The van der Waals surface area contributed by atoms with Gasteiger partial charge in [0, 0.05) is 19.7 Å². The highest BCUT2D eigenvalue weighted by Gasteiger charge is 2.38. The van der Waals surface area contributed by atoms with Crippen LogP contribution in [0.15, 0.2) is 30.6 Å². The number of sulfonamides is 1. The molecule has 2 fully saturated rings. The van der Waals surface area contributed by atoms with Crippen molar-refractivity contribution >= 4 is 21.9 Å². The minimum absolute atomic E-state index is 0.0251. The topological polar surface area (TPSA) is 154 Å². The molecule has 0 amide bonds. The van der Waals surface area contributed by atoms with E-state index in [2.05, 4.69) is 24.9 Å². The van der Waals surface area contributed by atoms with Crippen LogP contribution in [0.5, 0.6) is 11.5 Å². The van der Waals surface area contributed by atoms with Crippen LogP contribution in [0.25, 0.3) is 5.69 Å². The van der Waals surface area contributed by atoms with Gasteiger partial charge < -0.3 is 24.2 Å². The van der Waals surface area contributed by atoms with Crippen LogP contribution in [-0.4, -0.2) is 83.5 Å². The van der Waals surface area contributed by atoms with Crippen LogP contribution >= 0.6 is 0 Å². The third-order valence-electron chi connectivity index (χ3n) is 6.48. The lowest BCUT2D eigenvalue weighted by Gasteiger charge is -2.35. The number of rotatable bonds is 8. The minimum Gasteiger partial charge on any atom is -0.494 e. The summed E-state index contributed by atoms with van der Waals surface area (Å²) < 4.78 is 61.6. The van der Waals surface area contributed by atoms with E-state index in [1.54, 1.807) is 18.2 Å². The molecule has 1 unspecified atom stereocenters. The summed E-state index contributed by atoms with van der Waals surface area (Å²) >= 11 is 0. The maximum absolute atomic E-state index is 13.6. The van der Waals surface area contributed by atoms with Crippen LogP contribution < -0.4 is 19.1 Å². The highest BCUT2D eigenvalue weighted by atomic mass is 32.2. The van der Waals surface area contributed by atoms with Gasteiger partial charge in [-0.25, -0.2) is 22.8 Å². The number of aromatic nitrogens is 5. The molecule has 2 saturated heterocycles. The molecule has 2 aromatic heterocycles. The fourth-order valence-electron chi connectivity index (χ4n) is 4.72. The molecule has 1 aromatic carbocycles. The van der Waals surface area contributed by atoms with Gasteiger partial charge in [-0.3, -0.25) is 9.29 Å². The van der Waals surface area contributed by atoms with Crippen LogP contribution in [0.4, 0.5) is 16.3 Å². The molecule has 13 nitrogen and oxygen atoms in total. The molecule has 3 aromatic rings. The Morgan fingerprint density at radius 1 is 1.13 bits per heavy atom. The Morgan fingerprint density at radius 2 is 1.84 bits per heavy atom. The number of anilines is 2. The van der Waals surface area contributed by atoms with Crippen LogP contribution in [0.3, 0.4) is 0 Å². The first-order valence-corrected chi connectivity index (χ1v) is 13.6. The Labute approximate surface area is 218 Å². The van der Waals surface area contributed by atoms with E-state index in [0.29, 0.717) is 36.0 Å². The van der Waals surface area contributed by atoms with Crippen LogP contribution in [-0.2, 0) is 14.8 Å². The Morgan fingerprint density at radius 3 is 2.47 bits per heavy atom. The molecule has 0 saturated carbocycles. The first-order chi connectivity index (χ1) is 18.3. The molecule has 2 aliphatic heterocycles. The highest BCUT2D eigenvalue weighted by Crippen LogP contribution is 2.39. The number of piperidine rings is 1. The third-order valence-corrected chi connectivity index (χ3v) is 8.17. The predicted molar refractivity (Wildman–Crippen MR) is 134 cm³/mol. The molecule has 5 rings (SSSR count). The number of para-hydroxylation sites is 1. The summed E-state index contributed by atoms with van der Waals surface area (Å²) in [4.78, 5) is 9.35. The highest BCUT2D eigenvalue weighted by molar-refractivity contribution is 7.93. The van der Waals surface area contributed by atoms with Crippen molar-refractivity contribution in [1.82, 2.24) is 24.7 Å². The van der Waals surface area contributed by atoms with Crippen LogP contribution in [0.1, 0.15) is 31.2 Å². The second kappa shape index (κ2) is 10.7. The maximum Gasteiger partial charge on any atom is 0.243 e. The minimum atomic E-state index is -4.13. The van der Waals surface area contributed by atoms with Gasteiger partial charge in [0.1, 0.15) is 28.5 Å². The smallest absolute Gasteiger partial charge is 0.243 e. The van der Waals surface area contributed by atoms with Gasteiger partial charge in [0.25, 0.3) is 0 Å². The van der Waals surface area contributed by atoms with Crippen molar-refractivity contribution in [3.05, 3.63) is 42.2 Å². The van der Waals surface area contributed by atoms with Crippen molar-refractivity contribution in [3.63, 3.8) is 0 Å². The van der Waals surface area contributed by atoms with Gasteiger partial charge in [-0.15, -0.1) is 10.2 Å². The lowest BCUT2D eigenvalue weighted by atomic mass is 10.1. The zero-order valence-electron chi connectivity index (χ0n) is 20.8. The first kappa shape index (κ1) is 26.1. The molecule has 4 heterocycles. The number of aliphatic hydroxyl groups is 1. The van der Waals surface area contributed by atoms with Crippen molar-refractivity contribution in [1.29, 1.82) is 0 Å². The third kappa shape index (κ3) is 5.08. The summed E-state index contributed by atoms with van der Waals surface area (Å²) in [6.07, 6.45) is 2.07. The molecule has 0 aliphatic carbocycles. The van der Waals surface area contributed by atoms with Crippen molar-refractivity contribution in [2.75, 3.05) is 43.5 Å². The molecule has 15 heteroatoms. The standard InChI is InChI=1S/C23H28FN7O6S/c1-35-17-5-3-6-18(36-2)20(17)31-21(19-7-4-8-37-19)27-28-23(31)29-38(33,34)16-9-15(32)12-30(13-16)22-25-10-14(24)11-26-22/h3,5-6,10-11,15-16,19,32H,4,7-9,12-13H2,1-2H3,(H,28,29)/t15-,16+,19?/m1/s1. The monoisotopic (exact) mass is 549 g/mol. The van der Waals surface area contributed by atoms with Gasteiger partial charge >= 0.3 is 0 Å². The summed E-state index contributed by atoms with van der Waals surface area (Å²) in [6, 6.07) is 5.18. The zero-order chi connectivity index (χ0) is 26.9. The SMILES string of the molecule is COc1cccc(OC)c1-n1c(NS(=O)(=O)[C@H]2C[C@@H](O)CN(c3ncc(F)cn3)C2)nnc1C1CCCO1. The number of nitrogens with one attached hydrogen (secondary N) is 1. The Hall–Kier alpha value is -3.56. The number of halogens is 1. The van der Waals surface area contributed by atoms with Gasteiger partial charge in [0.15, 0.2) is 11.6 Å². The van der Waals surface area contributed by atoms with E-state index in [-0.39, 0.29) is 31.4 Å². The number of hydrogen-bond acceptors (Lipinski definition) is 11. The van der Waals surface area contributed by atoms with Crippen molar-refractivity contribution in [2.45, 2.75) is 36.7 Å². The van der Waals surface area contributed by atoms with E-state index in [1.165, 1.54) is 23.7 Å². The van der Waals surface area contributed by atoms with Gasteiger partial charge in [-0.05, 0) is 31.4 Å². The van der Waals surface area contributed by atoms with Crippen LogP contribution in [0, 0.1) is 5.82 Å². The fraction of sp³-hybridized carbons (Fsp3) is 0.478. The van der Waals surface area contributed by atoms with E-state index in [0.717, 1.165) is 18.8 Å². The normalized spacial score (nSPS) is 21.9. The Bertz CT molecular complexity index is 1360. The van der Waals surface area contributed by atoms with Crippen molar-refractivity contribution < 1.29 is 32.1 Å².